The summed E-state index contributed by atoms with van der Waals surface area (Å²) in [7, 11) is 0. The molecular formula is C23H31ClN2OS. The molecule has 2 heterocycles. The molecule has 1 saturated heterocycles. The van der Waals surface area contributed by atoms with Gasteiger partial charge < -0.3 is 15.4 Å². The minimum Gasteiger partial charge on any atom is -0.493 e. The maximum absolute atomic E-state index is 5.98. The van der Waals surface area contributed by atoms with E-state index in [-0.39, 0.29) is 12.4 Å². The molecule has 2 N–H and O–H groups in total. The van der Waals surface area contributed by atoms with Crippen molar-refractivity contribution in [1.82, 2.24) is 10.6 Å². The monoisotopic (exact) mass is 418 g/mol. The quantitative estimate of drug-likeness (QED) is 0.637. The highest BCUT2D eigenvalue weighted by atomic mass is 35.5. The second-order valence-corrected chi connectivity index (χ2v) is 9.46. The molecule has 0 bridgehead atoms. The second kappa shape index (κ2) is 10.0. The minimum absolute atomic E-state index is 0. The van der Waals surface area contributed by atoms with Gasteiger partial charge in [-0.3, -0.25) is 0 Å². The summed E-state index contributed by atoms with van der Waals surface area (Å²) in [6.07, 6.45) is 3.46. The van der Waals surface area contributed by atoms with Crippen LogP contribution in [0.3, 0.4) is 0 Å². The first-order valence-electron chi connectivity index (χ1n) is 10.2. The van der Waals surface area contributed by atoms with Crippen LogP contribution in [0.1, 0.15) is 49.4 Å². The number of ether oxygens (including phenoxy) is 1. The first kappa shape index (κ1) is 21.5. The molecule has 3 nitrogen and oxygen atoms in total. The van der Waals surface area contributed by atoms with Gasteiger partial charge in [0.1, 0.15) is 5.75 Å². The van der Waals surface area contributed by atoms with E-state index in [2.05, 4.69) is 66.9 Å². The molecular weight excluding hydrogens is 388 g/mol. The molecule has 152 valence electrons. The molecule has 2 aliphatic heterocycles. The number of halogens is 1. The van der Waals surface area contributed by atoms with Gasteiger partial charge in [-0.25, -0.2) is 0 Å². The first-order valence-corrected chi connectivity index (χ1v) is 11.1. The average molecular weight is 419 g/mol. The summed E-state index contributed by atoms with van der Waals surface area (Å²) in [5, 5.41) is 8.15. The van der Waals surface area contributed by atoms with Crippen LogP contribution in [0.15, 0.2) is 47.4 Å². The zero-order valence-electron chi connectivity index (χ0n) is 16.7. The number of piperidine rings is 1. The van der Waals surface area contributed by atoms with Gasteiger partial charge in [-0.05, 0) is 42.6 Å². The van der Waals surface area contributed by atoms with E-state index in [9.17, 15) is 0 Å². The van der Waals surface area contributed by atoms with E-state index in [1.54, 1.807) is 0 Å². The zero-order chi connectivity index (χ0) is 18.6. The first-order chi connectivity index (χ1) is 13.2. The van der Waals surface area contributed by atoms with Crippen LogP contribution in [0.2, 0.25) is 0 Å². The maximum atomic E-state index is 5.98. The molecule has 1 fully saturated rings. The van der Waals surface area contributed by atoms with Crippen LogP contribution in [0.4, 0.5) is 0 Å². The molecule has 0 aliphatic carbocycles. The molecule has 0 radical (unpaired) electrons. The highest BCUT2D eigenvalue weighted by Gasteiger charge is 2.26. The number of fused-ring (bicyclic) bond motifs is 1. The number of thioether (sulfide) groups is 1. The molecule has 5 heteroatoms. The molecule has 28 heavy (non-hydrogen) atoms. The van der Waals surface area contributed by atoms with Crippen LogP contribution in [0.5, 0.6) is 5.75 Å². The Balaban J connectivity index is 0.00000225. The third-order valence-corrected chi connectivity index (χ3v) is 6.36. The Morgan fingerprint density at radius 3 is 2.82 bits per heavy atom. The summed E-state index contributed by atoms with van der Waals surface area (Å²) < 4.78 is 5.98. The van der Waals surface area contributed by atoms with E-state index < -0.39 is 0 Å². The predicted molar refractivity (Wildman–Crippen MR) is 121 cm³/mol. The van der Waals surface area contributed by atoms with Gasteiger partial charge in [0.2, 0.25) is 0 Å². The van der Waals surface area contributed by atoms with Crippen LogP contribution in [0, 0.1) is 0 Å². The molecule has 4 rings (SSSR count). The lowest BCUT2D eigenvalue weighted by atomic mass is 9.92. The van der Waals surface area contributed by atoms with Crippen molar-refractivity contribution in [2.24, 2.45) is 0 Å². The van der Waals surface area contributed by atoms with Crippen LogP contribution in [-0.4, -0.2) is 24.4 Å². The number of benzene rings is 2. The Hall–Kier alpha value is -1.20. The fourth-order valence-corrected chi connectivity index (χ4v) is 5.15. The van der Waals surface area contributed by atoms with Crippen molar-refractivity contribution in [3.63, 3.8) is 0 Å². The summed E-state index contributed by atoms with van der Waals surface area (Å²) in [4.78, 5) is 1.37. The Kier molecular flexibility index (Phi) is 7.69. The standard InChI is InChI=1S/C23H30N2OS.ClH/c1-16(2)27-20-13-18-10-12-26-23(18)19(14-20)15-25-21-9-6-11-24-22(21)17-7-4-3-5-8-17;/h3-5,7-8,13-14,16,21-22,24-25H,6,9-12,15H2,1-2H3;1H/t21-,22-;/m0./s1. The van der Waals surface area contributed by atoms with Crippen molar-refractivity contribution < 1.29 is 4.74 Å². The number of nitrogens with one attached hydrogen (secondary N) is 2. The topological polar surface area (TPSA) is 33.3 Å². The van der Waals surface area contributed by atoms with E-state index in [4.69, 9.17) is 4.74 Å². The summed E-state index contributed by atoms with van der Waals surface area (Å²) in [5.41, 5.74) is 4.06. The fraction of sp³-hybridized carbons (Fsp3) is 0.478. The molecule has 0 unspecified atom stereocenters. The molecule has 0 spiro atoms. The predicted octanol–water partition coefficient (Wildman–Crippen LogP) is 5.13. The highest BCUT2D eigenvalue weighted by Crippen LogP contribution is 2.36. The third kappa shape index (κ3) is 5.04. The Labute approximate surface area is 179 Å². The number of hydrogen-bond acceptors (Lipinski definition) is 4. The normalized spacial score (nSPS) is 21.1. The lowest BCUT2D eigenvalue weighted by Crippen LogP contribution is -2.45. The molecule has 0 aromatic heterocycles. The van der Waals surface area contributed by atoms with Gasteiger partial charge >= 0.3 is 0 Å². The van der Waals surface area contributed by atoms with Gasteiger partial charge in [-0.2, -0.15) is 0 Å². The molecule has 0 saturated carbocycles. The Morgan fingerprint density at radius 1 is 1.21 bits per heavy atom. The minimum atomic E-state index is 0. The van der Waals surface area contributed by atoms with E-state index in [0.29, 0.717) is 17.3 Å². The van der Waals surface area contributed by atoms with Crippen LogP contribution >= 0.6 is 24.2 Å². The largest absolute Gasteiger partial charge is 0.493 e. The Morgan fingerprint density at radius 2 is 2.04 bits per heavy atom. The van der Waals surface area contributed by atoms with Crippen LogP contribution < -0.4 is 15.4 Å². The van der Waals surface area contributed by atoms with E-state index in [0.717, 1.165) is 31.9 Å². The fourth-order valence-electron chi connectivity index (χ4n) is 4.19. The van der Waals surface area contributed by atoms with Crippen molar-refractivity contribution in [1.29, 1.82) is 0 Å². The van der Waals surface area contributed by atoms with Crippen LogP contribution in [0.25, 0.3) is 0 Å². The van der Waals surface area contributed by atoms with Crippen molar-refractivity contribution in [3.8, 4) is 5.75 Å². The number of rotatable bonds is 6. The molecule has 2 atom stereocenters. The van der Waals surface area contributed by atoms with Gasteiger partial charge in [0.25, 0.3) is 0 Å². The van der Waals surface area contributed by atoms with Gasteiger partial charge in [-0.15, -0.1) is 24.2 Å². The molecule has 2 aliphatic rings. The van der Waals surface area contributed by atoms with E-state index in [1.165, 1.54) is 34.4 Å². The molecule has 0 amide bonds. The van der Waals surface area contributed by atoms with Gasteiger partial charge in [0.15, 0.2) is 0 Å². The van der Waals surface area contributed by atoms with Crippen molar-refractivity contribution in [3.05, 3.63) is 59.2 Å². The summed E-state index contributed by atoms with van der Waals surface area (Å²) in [6, 6.07) is 16.3. The van der Waals surface area contributed by atoms with Crippen LogP contribution in [-0.2, 0) is 13.0 Å². The van der Waals surface area contributed by atoms with Gasteiger partial charge in [0, 0.05) is 40.8 Å². The Bertz CT molecular complexity index is 769. The molecule has 2 aromatic rings. The smallest absolute Gasteiger partial charge is 0.127 e. The summed E-state index contributed by atoms with van der Waals surface area (Å²) >= 11 is 1.94. The highest BCUT2D eigenvalue weighted by molar-refractivity contribution is 7.99. The molecule has 2 aromatic carbocycles. The average Bonchev–Trinajstić information content (AvgIpc) is 3.15. The summed E-state index contributed by atoms with van der Waals surface area (Å²) in [5.74, 6) is 1.12. The van der Waals surface area contributed by atoms with Crippen molar-refractivity contribution in [2.75, 3.05) is 13.2 Å². The third-order valence-electron chi connectivity index (χ3n) is 5.38. The van der Waals surface area contributed by atoms with E-state index in [1.807, 2.05) is 11.8 Å². The lowest BCUT2D eigenvalue weighted by molar-refractivity contribution is 0.301. The lowest BCUT2D eigenvalue weighted by Gasteiger charge is -2.34. The van der Waals surface area contributed by atoms with Gasteiger partial charge in [-0.1, -0.05) is 44.2 Å². The SMILES string of the molecule is CC(C)Sc1cc2c(c(CN[C@H]3CCCN[C@H]3c3ccccc3)c1)OCC2.Cl. The summed E-state index contributed by atoms with van der Waals surface area (Å²) in [6.45, 7) is 7.28. The van der Waals surface area contributed by atoms with Gasteiger partial charge in [0.05, 0.1) is 6.61 Å². The van der Waals surface area contributed by atoms with Crippen molar-refractivity contribution >= 4 is 24.2 Å². The zero-order valence-corrected chi connectivity index (χ0v) is 18.4. The number of hydrogen-bond donors (Lipinski definition) is 2. The second-order valence-electron chi connectivity index (χ2n) is 7.81. The van der Waals surface area contributed by atoms with Crippen molar-refractivity contribution in [2.45, 2.75) is 61.9 Å². The maximum Gasteiger partial charge on any atom is 0.127 e. The van der Waals surface area contributed by atoms with E-state index >= 15 is 0 Å².